The second-order valence-electron chi connectivity index (χ2n) is 4.72. The maximum Gasteiger partial charge on any atom is 0.265 e. The molecule has 3 aromatic rings. The minimum atomic E-state index is -0.812. The molecule has 0 saturated heterocycles. The van der Waals surface area contributed by atoms with Crippen LogP contribution < -0.4 is 5.32 Å². The quantitative estimate of drug-likeness (QED) is 0.655. The van der Waals surface area contributed by atoms with Crippen molar-refractivity contribution in [3.63, 3.8) is 0 Å². The van der Waals surface area contributed by atoms with Gasteiger partial charge in [-0.15, -0.1) is 11.3 Å². The lowest BCUT2D eigenvalue weighted by Crippen LogP contribution is -2.12. The third-order valence-corrected chi connectivity index (χ3v) is 4.54. The van der Waals surface area contributed by atoms with E-state index in [1.807, 2.05) is 12.1 Å². The van der Waals surface area contributed by atoms with Crippen LogP contribution in [0.15, 0.2) is 54.6 Å². The number of benzene rings is 2. The van der Waals surface area contributed by atoms with Crippen molar-refractivity contribution in [3.8, 4) is 10.4 Å². The summed E-state index contributed by atoms with van der Waals surface area (Å²) in [5, 5.41) is 2.89. The zero-order chi connectivity index (χ0) is 16.4. The van der Waals surface area contributed by atoms with E-state index in [2.05, 4.69) is 5.32 Å². The Morgan fingerprint density at radius 3 is 2.26 bits per heavy atom. The normalized spacial score (nSPS) is 10.6. The first kappa shape index (κ1) is 15.6. The topological polar surface area (TPSA) is 29.1 Å². The number of anilines is 1. The van der Waals surface area contributed by atoms with Gasteiger partial charge in [-0.05, 0) is 42.0 Å². The molecule has 0 aliphatic rings. The summed E-state index contributed by atoms with van der Waals surface area (Å²) in [6, 6.07) is 14.0. The monoisotopic (exact) mass is 349 g/mol. The van der Waals surface area contributed by atoms with Crippen LogP contribution in [0.2, 0.25) is 5.02 Å². The van der Waals surface area contributed by atoms with Crippen molar-refractivity contribution in [2.75, 3.05) is 5.32 Å². The van der Waals surface area contributed by atoms with E-state index >= 15 is 0 Å². The Morgan fingerprint density at radius 1 is 0.957 bits per heavy atom. The number of carbonyl (C=O) groups is 1. The molecule has 2 nitrogen and oxygen atoms in total. The standard InChI is InChI=1S/C17H10ClF2NOS/c18-11-6-4-10(5-7-11)14-8-9-15(23-14)17(22)21-16-12(19)2-1-3-13(16)20/h1-9H,(H,21,22). The van der Waals surface area contributed by atoms with Gasteiger partial charge in [-0.3, -0.25) is 4.79 Å². The lowest BCUT2D eigenvalue weighted by Gasteiger charge is -2.05. The highest BCUT2D eigenvalue weighted by molar-refractivity contribution is 7.17. The van der Waals surface area contributed by atoms with Gasteiger partial charge in [-0.2, -0.15) is 0 Å². The smallest absolute Gasteiger partial charge is 0.265 e. The van der Waals surface area contributed by atoms with E-state index in [4.69, 9.17) is 11.6 Å². The molecular formula is C17H10ClF2NOS. The fourth-order valence-electron chi connectivity index (χ4n) is 2.02. The number of para-hydroxylation sites is 1. The summed E-state index contributed by atoms with van der Waals surface area (Å²) in [6.45, 7) is 0. The summed E-state index contributed by atoms with van der Waals surface area (Å²) in [7, 11) is 0. The molecule has 0 saturated carbocycles. The molecule has 2 aromatic carbocycles. The minimum Gasteiger partial charge on any atom is -0.316 e. The maximum atomic E-state index is 13.6. The van der Waals surface area contributed by atoms with Crippen molar-refractivity contribution in [2.45, 2.75) is 0 Å². The van der Waals surface area contributed by atoms with Crippen LogP contribution in [0.4, 0.5) is 14.5 Å². The van der Waals surface area contributed by atoms with Gasteiger partial charge in [-0.25, -0.2) is 8.78 Å². The number of nitrogens with one attached hydrogen (secondary N) is 1. The Labute approximate surface area is 140 Å². The lowest BCUT2D eigenvalue weighted by molar-refractivity contribution is 0.102. The Bertz CT molecular complexity index is 841. The molecule has 0 unspecified atom stereocenters. The van der Waals surface area contributed by atoms with E-state index in [1.54, 1.807) is 24.3 Å². The van der Waals surface area contributed by atoms with Crippen molar-refractivity contribution in [2.24, 2.45) is 0 Å². The average Bonchev–Trinajstić information content (AvgIpc) is 3.02. The van der Waals surface area contributed by atoms with Crippen molar-refractivity contribution in [1.29, 1.82) is 0 Å². The zero-order valence-corrected chi connectivity index (χ0v) is 13.2. The molecule has 3 rings (SSSR count). The third kappa shape index (κ3) is 3.41. The van der Waals surface area contributed by atoms with E-state index in [0.29, 0.717) is 9.90 Å². The van der Waals surface area contributed by atoms with Gasteiger partial charge in [0.1, 0.15) is 17.3 Å². The molecule has 1 amide bonds. The molecule has 1 heterocycles. The summed E-state index contributed by atoms with van der Waals surface area (Å²) < 4.78 is 27.1. The molecule has 0 bridgehead atoms. The maximum absolute atomic E-state index is 13.6. The van der Waals surface area contributed by atoms with Crippen molar-refractivity contribution in [1.82, 2.24) is 0 Å². The number of hydrogen-bond acceptors (Lipinski definition) is 2. The summed E-state index contributed by atoms with van der Waals surface area (Å²) in [5.41, 5.74) is 0.467. The van der Waals surface area contributed by atoms with Crippen molar-refractivity contribution in [3.05, 3.63) is 76.1 Å². The molecule has 1 aromatic heterocycles. The minimum absolute atomic E-state index is 0.359. The first-order valence-electron chi connectivity index (χ1n) is 6.66. The van der Waals surface area contributed by atoms with E-state index in [0.717, 1.165) is 22.6 Å². The highest BCUT2D eigenvalue weighted by atomic mass is 35.5. The van der Waals surface area contributed by atoms with Crippen LogP contribution in [0.25, 0.3) is 10.4 Å². The largest absolute Gasteiger partial charge is 0.316 e. The van der Waals surface area contributed by atoms with Gasteiger partial charge >= 0.3 is 0 Å². The highest BCUT2D eigenvalue weighted by Crippen LogP contribution is 2.30. The van der Waals surface area contributed by atoms with Crippen LogP contribution in [0.3, 0.4) is 0 Å². The molecule has 23 heavy (non-hydrogen) atoms. The van der Waals surface area contributed by atoms with E-state index in [9.17, 15) is 13.6 Å². The number of hydrogen-bond donors (Lipinski definition) is 1. The molecule has 0 aliphatic carbocycles. The van der Waals surface area contributed by atoms with Crippen LogP contribution in [0.5, 0.6) is 0 Å². The fourth-order valence-corrected chi connectivity index (χ4v) is 3.05. The van der Waals surface area contributed by atoms with E-state index < -0.39 is 23.2 Å². The molecular weight excluding hydrogens is 340 g/mol. The number of thiophene rings is 1. The fraction of sp³-hybridized carbons (Fsp3) is 0. The Morgan fingerprint density at radius 2 is 1.61 bits per heavy atom. The summed E-state index contributed by atoms with van der Waals surface area (Å²) in [5.74, 6) is -2.18. The molecule has 116 valence electrons. The molecule has 0 fully saturated rings. The van der Waals surface area contributed by atoms with Crippen LogP contribution in [-0.2, 0) is 0 Å². The molecule has 0 aliphatic heterocycles. The first-order valence-corrected chi connectivity index (χ1v) is 7.85. The van der Waals surface area contributed by atoms with Gasteiger partial charge in [0.25, 0.3) is 5.91 Å². The van der Waals surface area contributed by atoms with Crippen molar-refractivity contribution < 1.29 is 13.6 Å². The van der Waals surface area contributed by atoms with Gasteiger partial charge in [0, 0.05) is 9.90 Å². The van der Waals surface area contributed by atoms with Crippen LogP contribution >= 0.6 is 22.9 Å². The molecule has 0 spiro atoms. The van der Waals surface area contributed by atoms with Gasteiger partial charge < -0.3 is 5.32 Å². The number of halogens is 3. The second kappa shape index (κ2) is 6.48. The van der Waals surface area contributed by atoms with Gasteiger partial charge in [0.2, 0.25) is 0 Å². The second-order valence-corrected chi connectivity index (χ2v) is 6.24. The van der Waals surface area contributed by atoms with Crippen molar-refractivity contribution >= 4 is 34.5 Å². The number of rotatable bonds is 3. The summed E-state index contributed by atoms with van der Waals surface area (Å²) >= 11 is 7.07. The number of carbonyl (C=O) groups excluding carboxylic acids is 1. The summed E-state index contributed by atoms with van der Waals surface area (Å²) in [4.78, 5) is 13.4. The SMILES string of the molecule is O=C(Nc1c(F)cccc1F)c1ccc(-c2ccc(Cl)cc2)s1. The lowest BCUT2D eigenvalue weighted by atomic mass is 10.2. The highest BCUT2D eigenvalue weighted by Gasteiger charge is 2.15. The molecule has 0 atom stereocenters. The van der Waals surface area contributed by atoms with E-state index in [-0.39, 0.29) is 0 Å². The molecule has 0 radical (unpaired) electrons. The first-order chi connectivity index (χ1) is 11.0. The predicted molar refractivity (Wildman–Crippen MR) is 89.1 cm³/mol. The molecule has 6 heteroatoms. The Kier molecular flexibility index (Phi) is 4.41. The molecule has 1 N–H and O–H groups in total. The zero-order valence-electron chi connectivity index (χ0n) is 11.6. The van der Waals surface area contributed by atoms with Crippen LogP contribution in [0.1, 0.15) is 9.67 Å². The Balaban J connectivity index is 1.83. The van der Waals surface area contributed by atoms with Gasteiger partial charge in [0.05, 0.1) is 4.88 Å². The summed E-state index contributed by atoms with van der Waals surface area (Å²) in [6.07, 6.45) is 0. The van der Waals surface area contributed by atoms with Crippen LogP contribution in [-0.4, -0.2) is 5.91 Å². The predicted octanol–water partition coefficient (Wildman–Crippen LogP) is 5.60. The third-order valence-electron chi connectivity index (χ3n) is 3.16. The van der Waals surface area contributed by atoms with E-state index in [1.165, 1.54) is 17.4 Å². The van der Waals surface area contributed by atoms with Gasteiger partial charge in [-0.1, -0.05) is 29.8 Å². The Hall–Kier alpha value is -2.24. The van der Waals surface area contributed by atoms with Gasteiger partial charge in [0.15, 0.2) is 0 Å². The number of amides is 1. The van der Waals surface area contributed by atoms with Crippen LogP contribution in [0, 0.1) is 11.6 Å². The average molecular weight is 350 g/mol.